The van der Waals surface area contributed by atoms with Gasteiger partial charge in [-0.1, -0.05) is 176 Å². The predicted molar refractivity (Wildman–Crippen MR) is 233 cm³/mol. The van der Waals surface area contributed by atoms with Crippen molar-refractivity contribution in [3.05, 3.63) is 206 Å². The second-order valence-electron chi connectivity index (χ2n) is 13.8. The molecule has 0 atom stereocenters. The molecule has 11 rings (SSSR count). The Kier molecular flexibility index (Phi) is 5.59. The summed E-state index contributed by atoms with van der Waals surface area (Å²) < 4.78 is 80.0. The molecule has 1 heterocycles. The Labute approximate surface area is 330 Å². The quantitative estimate of drug-likeness (QED) is 0.128. The minimum atomic E-state index is -0.439. The van der Waals surface area contributed by atoms with Crippen molar-refractivity contribution in [2.24, 2.45) is 0 Å². The third-order valence-corrected chi connectivity index (χ3v) is 10.7. The number of furan rings is 1. The van der Waals surface area contributed by atoms with Crippen LogP contribution >= 0.6 is 0 Å². The zero-order valence-corrected chi connectivity index (χ0v) is 29.4. The van der Waals surface area contributed by atoms with Crippen molar-refractivity contribution in [2.45, 2.75) is 0 Å². The molecule has 256 valence electrons. The van der Waals surface area contributed by atoms with Crippen molar-refractivity contribution in [1.29, 1.82) is 0 Å². The van der Waals surface area contributed by atoms with E-state index in [2.05, 4.69) is 36.4 Å². The molecule has 0 unspecified atom stereocenters. The van der Waals surface area contributed by atoms with E-state index in [1.165, 1.54) is 0 Å². The third kappa shape index (κ3) is 5.16. The van der Waals surface area contributed by atoms with Crippen LogP contribution in [-0.2, 0) is 0 Å². The first kappa shape index (κ1) is 24.2. The van der Waals surface area contributed by atoms with E-state index in [1.807, 2.05) is 121 Å². The number of benzene rings is 10. The van der Waals surface area contributed by atoms with Crippen LogP contribution in [0.5, 0.6) is 0 Å². The maximum atomic E-state index is 9.47. The van der Waals surface area contributed by atoms with Gasteiger partial charge < -0.3 is 4.42 Å². The molecule has 55 heavy (non-hydrogen) atoms. The average molecular weight is 707 g/mol. The molecule has 0 aliphatic rings. The van der Waals surface area contributed by atoms with Crippen molar-refractivity contribution in [1.82, 2.24) is 0 Å². The van der Waals surface area contributed by atoms with Gasteiger partial charge in [0.25, 0.3) is 0 Å². The fourth-order valence-corrected chi connectivity index (χ4v) is 8.23. The summed E-state index contributed by atoms with van der Waals surface area (Å²) in [6.07, 6.45) is 0. The van der Waals surface area contributed by atoms with E-state index in [0.717, 1.165) is 54.7 Å². The molecule has 0 N–H and O–H groups in total. The minimum Gasteiger partial charge on any atom is -0.456 e. The van der Waals surface area contributed by atoms with Crippen LogP contribution in [0.2, 0.25) is 0 Å². The largest absolute Gasteiger partial charge is 0.456 e. The van der Waals surface area contributed by atoms with Crippen LogP contribution in [0.1, 0.15) is 11.0 Å². The highest BCUT2D eigenvalue weighted by molar-refractivity contribution is 6.22. The van der Waals surface area contributed by atoms with Crippen molar-refractivity contribution in [3.63, 3.8) is 0 Å². The standard InChI is InChI=1S/C54H34O/c1-2-15-35(16-3-1)36-18-12-20-39(31-36)53-45-25-8-10-27-47(45)54(48-28-11-9-26-46(48)53)40-21-13-19-37(32-40)42-29-14-30-51-50(42)34-52(55-51)49-33-38-17-4-5-22-41(38)43-23-6-7-24-44(43)49/h1-34H/i8D,9D,10D,11D,25D,26D,27D,28D. The Hall–Kier alpha value is -7.22. The lowest BCUT2D eigenvalue weighted by molar-refractivity contribution is 0.632. The monoisotopic (exact) mass is 706 g/mol. The Morgan fingerprint density at radius 1 is 0.327 bits per heavy atom. The van der Waals surface area contributed by atoms with Crippen LogP contribution in [0, 0.1) is 0 Å². The molecular weight excluding hydrogens is 665 g/mol. The topological polar surface area (TPSA) is 13.1 Å². The van der Waals surface area contributed by atoms with Gasteiger partial charge in [-0.25, -0.2) is 0 Å². The first-order valence-corrected chi connectivity index (χ1v) is 18.3. The van der Waals surface area contributed by atoms with Crippen LogP contribution in [0.4, 0.5) is 0 Å². The fraction of sp³-hybridized carbons (Fsp3) is 0. The average Bonchev–Trinajstić information content (AvgIpc) is 3.77. The number of hydrogen-bond acceptors (Lipinski definition) is 1. The molecule has 0 amide bonds. The fourth-order valence-electron chi connectivity index (χ4n) is 8.23. The van der Waals surface area contributed by atoms with Crippen LogP contribution in [-0.4, -0.2) is 0 Å². The maximum Gasteiger partial charge on any atom is 0.136 e. The van der Waals surface area contributed by atoms with E-state index in [9.17, 15) is 5.48 Å². The molecule has 10 aromatic carbocycles. The van der Waals surface area contributed by atoms with Gasteiger partial charge in [-0.3, -0.25) is 0 Å². The molecule has 1 nitrogen and oxygen atoms in total. The summed E-state index contributed by atoms with van der Waals surface area (Å²) in [6.45, 7) is 0. The summed E-state index contributed by atoms with van der Waals surface area (Å²) in [5, 5.41) is 6.02. The van der Waals surface area contributed by atoms with Gasteiger partial charge in [0.05, 0.1) is 11.0 Å². The molecule has 0 radical (unpaired) electrons. The smallest absolute Gasteiger partial charge is 0.136 e. The van der Waals surface area contributed by atoms with E-state index in [4.69, 9.17) is 9.90 Å². The molecular formula is C54H34O. The van der Waals surface area contributed by atoms with Gasteiger partial charge in [0.2, 0.25) is 0 Å². The van der Waals surface area contributed by atoms with Gasteiger partial charge in [-0.05, 0) is 118 Å². The summed E-state index contributed by atoms with van der Waals surface area (Å²) in [7, 11) is 0. The van der Waals surface area contributed by atoms with Gasteiger partial charge >= 0.3 is 0 Å². The van der Waals surface area contributed by atoms with Crippen LogP contribution in [0.15, 0.2) is 210 Å². The van der Waals surface area contributed by atoms with E-state index in [0.29, 0.717) is 33.6 Å². The normalized spacial score (nSPS) is 13.7. The van der Waals surface area contributed by atoms with E-state index < -0.39 is 24.2 Å². The maximum absolute atomic E-state index is 9.47. The lowest BCUT2D eigenvalue weighted by atomic mass is 9.85. The van der Waals surface area contributed by atoms with Crippen LogP contribution in [0.25, 0.3) is 110 Å². The van der Waals surface area contributed by atoms with Gasteiger partial charge in [0.15, 0.2) is 0 Å². The number of hydrogen-bond donors (Lipinski definition) is 0. The van der Waals surface area contributed by atoms with Gasteiger partial charge in [-0.2, -0.15) is 0 Å². The summed E-state index contributed by atoms with van der Waals surface area (Å²) in [5.41, 5.74) is 6.78. The second kappa shape index (κ2) is 12.7. The summed E-state index contributed by atoms with van der Waals surface area (Å²) >= 11 is 0. The molecule has 0 saturated carbocycles. The highest BCUT2D eigenvalue weighted by atomic mass is 16.3. The van der Waals surface area contributed by atoms with Crippen LogP contribution in [0.3, 0.4) is 0 Å². The highest BCUT2D eigenvalue weighted by Gasteiger charge is 2.19. The third-order valence-electron chi connectivity index (χ3n) is 10.7. The number of fused-ring (bicyclic) bond motifs is 6. The van der Waals surface area contributed by atoms with Gasteiger partial charge in [-0.15, -0.1) is 0 Å². The highest BCUT2D eigenvalue weighted by Crippen LogP contribution is 2.46. The molecule has 0 aliphatic carbocycles. The molecule has 11 aromatic rings. The molecule has 0 fully saturated rings. The molecule has 0 aliphatic heterocycles. The molecule has 1 aromatic heterocycles. The zero-order valence-electron chi connectivity index (χ0n) is 37.4. The Bertz CT molecular complexity index is 3640. The molecule has 0 spiro atoms. The molecule has 0 bridgehead atoms. The summed E-state index contributed by atoms with van der Waals surface area (Å²) in [4.78, 5) is 0. The Balaban J connectivity index is 1.19. The summed E-state index contributed by atoms with van der Waals surface area (Å²) in [5.74, 6) is 0.714. The van der Waals surface area contributed by atoms with E-state index in [1.54, 1.807) is 0 Å². The molecule has 1 heteroatoms. The van der Waals surface area contributed by atoms with Crippen molar-refractivity contribution in [2.75, 3.05) is 0 Å². The predicted octanol–water partition coefficient (Wildman–Crippen LogP) is 15.4. The lowest BCUT2D eigenvalue weighted by Gasteiger charge is -2.18. The first-order valence-electron chi connectivity index (χ1n) is 22.3. The zero-order chi connectivity index (χ0) is 43.3. The minimum absolute atomic E-state index is 0.169. The van der Waals surface area contributed by atoms with Gasteiger partial charge in [0, 0.05) is 10.9 Å². The lowest BCUT2D eigenvalue weighted by Crippen LogP contribution is -1.91. The van der Waals surface area contributed by atoms with Crippen molar-refractivity contribution >= 4 is 54.1 Å². The van der Waals surface area contributed by atoms with E-state index >= 15 is 0 Å². The van der Waals surface area contributed by atoms with Crippen molar-refractivity contribution in [3.8, 4) is 55.8 Å². The van der Waals surface area contributed by atoms with E-state index in [-0.39, 0.29) is 45.7 Å². The van der Waals surface area contributed by atoms with Crippen molar-refractivity contribution < 1.29 is 15.4 Å². The SMILES string of the molecule is [2H]c1c([2H])c([2H])c2c(-c3cccc(-c4cccc5oc(-c6cc7ccccc7c7ccccc67)cc45)c3)c3c([2H])c([2H])c([2H])c([2H])c3c(-c3cccc(-c4ccccc4)c3)c2c1[2H]. The van der Waals surface area contributed by atoms with Crippen LogP contribution < -0.4 is 0 Å². The Morgan fingerprint density at radius 2 is 0.855 bits per heavy atom. The molecule has 0 saturated heterocycles. The summed E-state index contributed by atoms with van der Waals surface area (Å²) in [6, 6.07) is 48.7. The second-order valence-corrected chi connectivity index (χ2v) is 13.8. The first-order chi connectivity index (χ1) is 30.6. The number of rotatable bonds is 5. The van der Waals surface area contributed by atoms with Gasteiger partial charge in [0.1, 0.15) is 11.3 Å². The Morgan fingerprint density at radius 3 is 1.55 bits per heavy atom.